The maximum atomic E-state index is 12.2. The molecular weight excluding hydrogens is 190 g/mol. The van der Waals surface area contributed by atoms with Gasteiger partial charge in [0.2, 0.25) is 0 Å². The molecule has 4 N–H and O–H groups in total. The maximum absolute atomic E-state index is 12.2. The zero-order valence-corrected chi connectivity index (χ0v) is 6.34. The van der Waals surface area contributed by atoms with Crippen LogP contribution in [0.15, 0.2) is 0 Å². The molecule has 0 aromatic heterocycles. The minimum atomic E-state index is -4.27. The van der Waals surface area contributed by atoms with Gasteiger partial charge in [0.05, 0.1) is 0 Å². The number of aliphatic hydroxyl groups is 4. The van der Waals surface area contributed by atoms with E-state index in [1.807, 2.05) is 0 Å². The van der Waals surface area contributed by atoms with Gasteiger partial charge in [-0.2, -0.15) is 8.78 Å². The highest BCUT2D eigenvalue weighted by Gasteiger charge is 2.50. The summed E-state index contributed by atoms with van der Waals surface area (Å²) in [5.74, 6) is 0. The van der Waals surface area contributed by atoms with Crippen molar-refractivity contribution in [1.29, 1.82) is 0 Å². The van der Waals surface area contributed by atoms with Gasteiger partial charge in [-0.15, -0.1) is 0 Å². The van der Waals surface area contributed by atoms with Crippen LogP contribution in [0.2, 0.25) is 0 Å². The first-order chi connectivity index (χ1) is 5.84. The molecule has 0 unspecified atom stereocenters. The molecule has 4 atom stereocenters. The van der Waals surface area contributed by atoms with Crippen molar-refractivity contribution in [2.45, 2.75) is 30.5 Å². The fraction of sp³-hybridized carbons (Fsp3) is 0.833. The molecule has 1 radical (unpaired) electrons. The van der Waals surface area contributed by atoms with Crippen molar-refractivity contribution in [3.63, 3.8) is 0 Å². The third-order valence-corrected chi connectivity index (χ3v) is 1.72. The van der Waals surface area contributed by atoms with Gasteiger partial charge in [-0.05, 0) is 0 Å². The van der Waals surface area contributed by atoms with Crippen LogP contribution in [0.1, 0.15) is 0 Å². The second kappa shape index (κ2) is 3.43. The predicted octanol–water partition coefficient (Wildman–Crippen LogP) is -1.79. The average molecular weight is 199 g/mol. The zero-order chi connectivity index (χ0) is 10.2. The van der Waals surface area contributed by atoms with Crippen LogP contribution in [0.25, 0.3) is 0 Å². The lowest BCUT2D eigenvalue weighted by molar-refractivity contribution is -0.310. The van der Waals surface area contributed by atoms with Gasteiger partial charge in [0.1, 0.15) is 24.9 Å². The molecule has 1 heterocycles. The Bertz CT molecular complexity index is 182. The van der Waals surface area contributed by atoms with E-state index >= 15 is 0 Å². The van der Waals surface area contributed by atoms with Gasteiger partial charge in [-0.25, -0.2) is 0 Å². The van der Waals surface area contributed by atoms with Crippen molar-refractivity contribution >= 4 is 0 Å². The van der Waals surface area contributed by atoms with Gasteiger partial charge >= 0.3 is 6.11 Å². The predicted molar refractivity (Wildman–Crippen MR) is 34.4 cm³/mol. The summed E-state index contributed by atoms with van der Waals surface area (Å²) in [4.78, 5) is 0. The highest BCUT2D eigenvalue weighted by molar-refractivity contribution is 4.94. The molecule has 1 fully saturated rings. The van der Waals surface area contributed by atoms with E-state index in [4.69, 9.17) is 20.4 Å². The Balaban J connectivity index is 2.70. The van der Waals surface area contributed by atoms with E-state index in [0.29, 0.717) is 6.61 Å². The molecule has 0 aromatic rings. The molecule has 0 aliphatic carbocycles. The number of hydrogen-bond acceptors (Lipinski definition) is 5. The van der Waals surface area contributed by atoms with Crippen molar-refractivity contribution in [2.24, 2.45) is 0 Å². The van der Waals surface area contributed by atoms with Crippen LogP contribution in [-0.2, 0) is 4.74 Å². The summed E-state index contributed by atoms with van der Waals surface area (Å²) in [6, 6.07) is 0. The monoisotopic (exact) mass is 199 g/mol. The standard InChI is InChI=1S/C6H9F2O5/c7-6(8,12)5-4(11)3(10)2(9)1-13-5/h1-5,9-12H/t2-,3+,4-,5-/m0/s1. The van der Waals surface area contributed by atoms with Gasteiger partial charge in [0.15, 0.2) is 6.10 Å². The van der Waals surface area contributed by atoms with E-state index in [0.717, 1.165) is 0 Å². The first kappa shape index (κ1) is 10.7. The molecule has 1 rings (SSSR count). The Hall–Kier alpha value is -0.340. The van der Waals surface area contributed by atoms with Crippen LogP contribution in [0, 0.1) is 6.61 Å². The van der Waals surface area contributed by atoms with E-state index in [1.54, 1.807) is 0 Å². The summed E-state index contributed by atoms with van der Waals surface area (Å²) < 4.78 is 28.6. The van der Waals surface area contributed by atoms with Crippen LogP contribution < -0.4 is 0 Å². The summed E-state index contributed by atoms with van der Waals surface area (Å²) in [5.41, 5.74) is 0. The van der Waals surface area contributed by atoms with Crippen LogP contribution in [0.5, 0.6) is 0 Å². The van der Waals surface area contributed by atoms with Gasteiger partial charge in [0, 0.05) is 0 Å². The Kier molecular flexibility index (Phi) is 2.83. The largest absolute Gasteiger partial charge is 0.387 e. The molecule has 13 heavy (non-hydrogen) atoms. The van der Waals surface area contributed by atoms with Crippen molar-refractivity contribution < 1.29 is 33.9 Å². The Morgan fingerprint density at radius 2 is 1.69 bits per heavy atom. The normalized spacial score (nSPS) is 42.0. The number of rotatable bonds is 1. The van der Waals surface area contributed by atoms with Gasteiger partial charge < -0.3 is 25.2 Å². The molecule has 1 aliphatic rings. The number of halogens is 2. The molecule has 0 bridgehead atoms. The smallest absolute Gasteiger partial charge is 0.382 e. The van der Waals surface area contributed by atoms with Crippen molar-refractivity contribution in [3.8, 4) is 0 Å². The third-order valence-electron chi connectivity index (χ3n) is 1.72. The third kappa shape index (κ3) is 2.12. The number of ether oxygens (including phenoxy) is 1. The molecule has 0 spiro atoms. The lowest BCUT2D eigenvalue weighted by Gasteiger charge is -2.36. The van der Waals surface area contributed by atoms with E-state index in [2.05, 4.69) is 4.74 Å². The molecule has 1 saturated heterocycles. The van der Waals surface area contributed by atoms with Crippen LogP contribution in [0.4, 0.5) is 8.78 Å². The first-order valence-electron chi connectivity index (χ1n) is 3.47. The maximum Gasteiger partial charge on any atom is 0.382 e. The van der Waals surface area contributed by atoms with Crippen LogP contribution in [0.3, 0.4) is 0 Å². The Morgan fingerprint density at radius 1 is 1.15 bits per heavy atom. The zero-order valence-electron chi connectivity index (χ0n) is 6.34. The number of aliphatic hydroxyl groups excluding tert-OH is 3. The van der Waals surface area contributed by atoms with Gasteiger partial charge in [-0.1, -0.05) is 0 Å². The van der Waals surface area contributed by atoms with Crippen LogP contribution in [-0.4, -0.2) is 51.0 Å². The second-order valence-electron chi connectivity index (χ2n) is 2.75. The molecule has 0 saturated carbocycles. The number of hydrogen-bond donors (Lipinski definition) is 4. The highest BCUT2D eigenvalue weighted by Crippen LogP contribution is 2.28. The van der Waals surface area contributed by atoms with Gasteiger partial charge in [-0.3, -0.25) is 0 Å². The van der Waals surface area contributed by atoms with Crippen molar-refractivity contribution in [1.82, 2.24) is 0 Å². The fourth-order valence-electron chi connectivity index (χ4n) is 0.995. The van der Waals surface area contributed by atoms with E-state index < -0.39 is 30.5 Å². The first-order valence-corrected chi connectivity index (χ1v) is 3.47. The van der Waals surface area contributed by atoms with E-state index in [-0.39, 0.29) is 0 Å². The highest BCUT2D eigenvalue weighted by atomic mass is 19.3. The summed E-state index contributed by atoms with van der Waals surface area (Å²) in [6.45, 7) is 0.534. The summed E-state index contributed by atoms with van der Waals surface area (Å²) in [7, 11) is 0. The molecule has 7 heteroatoms. The van der Waals surface area contributed by atoms with Gasteiger partial charge in [0.25, 0.3) is 0 Å². The average Bonchev–Trinajstić information content (AvgIpc) is 1.98. The quantitative estimate of drug-likeness (QED) is 0.400. The lowest BCUT2D eigenvalue weighted by atomic mass is 9.99. The van der Waals surface area contributed by atoms with E-state index in [9.17, 15) is 8.78 Å². The van der Waals surface area contributed by atoms with Crippen molar-refractivity contribution in [3.05, 3.63) is 6.61 Å². The summed E-state index contributed by atoms with van der Waals surface area (Å²) >= 11 is 0. The molecular formula is C6H9F2O5. The minimum Gasteiger partial charge on any atom is -0.387 e. The SMILES string of the molecule is O[C@H]1[C@H](O)[C@@H](C(O)(F)F)O[CH][C@@H]1O. The summed E-state index contributed by atoms with van der Waals surface area (Å²) in [5, 5.41) is 34.9. The minimum absolute atomic E-state index is 0.534. The molecule has 0 aromatic carbocycles. The molecule has 0 amide bonds. The Morgan fingerprint density at radius 3 is 2.15 bits per heavy atom. The molecule has 1 aliphatic heterocycles. The summed E-state index contributed by atoms with van der Waals surface area (Å²) in [6.07, 6.45) is -11.9. The number of alkyl halides is 2. The molecule has 5 nitrogen and oxygen atoms in total. The Labute approximate surface area is 72.2 Å². The fourth-order valence-corrected chi connectivity index (χ4v) is 0.995. The van der Waals surface area contributed by atoms with E-state index in [1.165, 1.54) is 0 Å². The van der Waals surface area contributed by atoms with Crippen molar-refractivity contribution in [2.75, 3.05) is 0 Å². The van der Waals surface area contributed by atoms with Crippen LogP contribution >= 0.6 is 0 Å². The second-order valence-corrected chi connectivity index (χ2v) is 2.75. The molecule has 77 valence electrons. The topological polar surface area (TPSA) is 90.2 Å². The lowest BCUT2D eigenvalue weighted by Crippen LogP contribution is -2.57.